The van der Waals surface area contributed by atoms with E-state index in [1.807, 2.05) is 31.2 Å². The maximum Gasteiger partial charge on any atom is 0.274 e. The number of aliphatic hydroxyl groups is 1. The zero-order valence-corrected chi connectivity index (χ0v) is 11.8. The quantitative estimate of drug-likeness (QED) is 0.886. The van der Waals surface area contributed by atoms with Crippen LogP contribution in [0.15, 0.2) is 30.5 Å². The van der Waals surface area contributed by atoms with Gasteiger partial charge in [0.25, 0.3) is 5.91 Å². The molecule has 21 heavy (non-hydrogen) atoms. The summed E-state index contributed by atoms with van der Waals surface area (Å²) in [6, 6.07) is 7.44. The average Bonchev–Trinajstić information content (AvgIpc) is 2.53. The van der Waals surface area contributed by atoms with Crippen molar-refractivity contribution in [3.05, 3.63) is 36.2 Å². The van der Waals surface area contributed by atoms with Crippen molar-refractivity contribution in [2.75, 3.05) is 19.7 Å². The van der Waals surface area contributed by atoms with E-state index in [4.69, 9.17) is 4.74 Å². The van der Waals surface area contributed by atoms with Gasteiger partial charge in [0.05, 0.1) is 36.0 Å². The summed E-state index contributed by atoms with van der Waals surface area (Å²) in [4.78, 5) is 22.8. The molecule has 0 radical (unpaired) electrons. The highest BCUT2D eigenvalue weighted by Crippen LogP contribution is 2.15. The molecule has 3 rings (SSSR count). The zero-order chi connectivity index (χ0) is 14.8. The van der Waals surface area contributed by atoms with Crippen molar-refractivity contribution in [1.82, 2.24) is 14.9 Å². The number of carbonyl (C=O) groups is 1. The van der Waals surface area contributed by atoms with Crippen LogP contribution in [0.4, 0.5) is 0 Å². The second-order valence-electron chi connectivity index (χ2n) is 5.21. The number of hydrogen-bond donors (Lipinski definition) is 1. The normalized spacial score (nSPS) is 22.5. The minimum Gasteiger partial charge on any atom is -0.394 e. The van der Waals surface area contributed by atoms with Gasteiger partial charge in [0.2, 0.25) is 0 Å². The summed E-state index contributed by atoms with van der Waals surface area (Å²) in [5.41, 5.74) is 1.78. The summed E-state index contributed by atoms with van der Waals surface area (Å²) in [7, 11) is 0. The van der Waals surface area contributed by atoms with Gasteiger partial charge in [-0.1, -0.05) is 12.1 Å². The Morgan fingerprint density at radius 2 is 2.14 bits per heavy atom. The third-order valence-corrected chi connectivity index (χ3v) is 3.48. The van der Waals surface area contributed by atoms with Crippen LogP contribution in [0.5, 0.6) is 0 Å². The van der Waals surface area contributed by atoms with Crippen molar-refractivity contribution in [3.63, 3.8) is 0 Å². The maximum atomic E-state index is 12.5. The topological polar surface area (TPSA) is 75.6 Å². The van der Waals surface area contributed by atoms with Gasteiger partial charge in [-0.25, -0.2) is 4.98 Å². The molecule has 1 N–H and O–H groups in total. The van der Waals surface area contributed by atoms with E-state index >= 15 is 0 Å². The third-order valence-electron chi connectivity index (χ3n) is 3.48. The minimum absolute atomic E-state index is 0.0997. The van der Waals surface area contributed by atoms with Gasteiger partial charge in [-0.3, -0.25) is 9.78 Å². The molecule has 1 aliphatic heterocycles. The van der Waals surface area contributed by atoms with E-state index in [0.717, 1.165) is 5.52 Å². The summed E-state index contributed by atoms with van der Waals surface area (Å²) < 4.78 is 5.54. The number of aromatic nitrogens is 2. The van der Waals surface area contributed by atoms with Crippen LogP contribution in [0.2, 0.25) is 0 Å². The standard InChI is InChI=1S/C15H17N3O3/c1-10-7-18(8-11(9-19)21-10)15(20)14-6-16-12-4-2-3-5-13(12)17-14/h2-6,10-11,19H,7-9H2,1H3. The van der Waals surface area contributed by atoms with E-state index in [-0.39, 0.29) is 24.7 Å². The molecule has 1 saturated heterocycles. The molecule has 2 aromatic rings. The van der Waals surface area contributed by atoms with Crippen LogP contribution in [-0.2, 0) is 4.74 Å². The molecule has 0 bridgehead atoms. The summed E-state index contributed by atoms with van der Waals surface area (Å²) in [5.74, 6) is -0.179. The number of aliphatic hydroxyl groups excluding tert-OH is 1. The van der Waals surface area contributed by atoms with Gasteiger partial charge in [0, 0.05) is 13.1 Å². The first-order chi connectivity index (χ1) is 10.2. The number of benzene rings is 1. The highest BCUT2D eigenvalue weighted by Gasteiger charge is 2.29. The second-order valence-corrected chi connectivity index (χ2v) is 5.21. The van der Waals surface area contributed by atoms with Gasteiger partial charge >= 0.3 is 0 Å². The SMILES string of the molecule is CC1CN(C(=O)c2cnc3ccccc3n2)CC(CO)O1. The Hall–Kier alpha value is -2.05. The lowest BCUT2D eigenvalue weighted by molar-refractivity contribution is -0.0859. The molecule has 1 fully saturated rings. The molecule has 6 heteroatoms. The van der Waals surface area contributed by atoms with E-state index in [1.54, 1.807) is 4.90 Å². The molecule has 1 aliphatic rings. The Morgan fingerprint density at radius 3 is 2.90 bits per heavy atom. The van der Waals surface area contributed by atoms with Crippen molar-refractivity contribution in [2.45, 2.75) is 19.1 Å². The average molecular weight is 287 g/mol. The summed E-state index contributed by atoms with van der Waals surface area (Å²) in [5, 5.41) is 9.23. The Kier molecular flexibility index (Phi) is 3.81. The molecule has 6 nitrogen and oxygen atoms in total. The summed E-state index contributed by atoms with van der Waals surface area (Å²) in [6.45, 7) is 2.64. The lowest BCUT2D eigenvalue weighted by Gasteiger charge is -2.35. The van der Waals surface area contributed by atoms with Crippen LogP contribution in [0.25, 0.3) is 11.0 Å². The smallest absolute Gasteiger partial charge is 0.274 e. The van der Waals surface area contributed by atoms with Crippen molar-refractivity contribution in [1.29, 1.82) is 0 Å². The lowest BCUT2D eigenvalue weighted by Crippen LogP contribution is -2.50. The fourth-order valence-corrected chi connectivity index (χ4v) is 2.53. The fraction of sp³-hybridized carbons (Fsp3) is 0.400. The molecule has 0 spiro atoms. The Morgan fingerprint density at radius 1 is 1.38 bits per heavy atom. The summed E-state index contributed by atoms with van der Waals surface area (Å²) >= 11 is 0. The van der Waals surface area contributed by atoms with Crippen LogP contribution in [0.3, 0.4) is 0 Å². The number of amides is 1. The predicted molar refractivity (Wildman–Crippen MR) is 76.9 cm³/mol. The second kappa shape index (κ2) is 5.75. The van der Waals surface area contributed by atoms with Gasteiger partial charge in [-0.2, -0.15) is 0 Å². The molecule has 2 heterocycles. The molecular formula is C15H17N3O3. The fourth-order valence-electron chi connectivity index (χ4n) is 2.53. The maximum absolute atomic E-state index is 12.5. The minimum atomic E-state index is -0.342. The highest BCUT2D eigenvalue weighted by molar-refractivity contribution is 5.93. The van der Waals surface area contributed by atoms with Gasteiger partial charge in [-0.05, 0) is 19.1 Å². The van der Waals surface area contributed by atoms with Crippen molar-refractivity contribution in [3.8, 4) is 0 Å². The molecule has 2 atom stereocenters. The van der Waals surface area contributed by atoms with Crippen LogP contribution in [-0.4, -0.2) is 57.8 Å². The first kappa shape index (κ1) is 13.9. The number of carbonyl (C=O) groups excluding carboxylic acids is 1. The first-order valence-electron chi connectivity index (χ1n) is 6.94. The number of hydrogen-bond acceptors (Lipinski definition) is 5. The monoisotopic (exact) mass is 287 g/mol. The van der Waals surface area contributed by atoms with E-state index in [2.05, 4.69) is 9.97 Å². The number of nitrogens with zero attached hydrogens (tertiary/aromatic N) is 3. The van der Waals surface area contributed by atoms with Crippen LogP contribution >= 0.6 is 0 Å². The van der Waals surface area contributed by atoms with Gasteiger partial charge in [0.15, 0.2) is 0 Å². The molecule has 110 valence electrons. The van der Waals surface area contributed by atoms with E-state index in [9.17, 15) is 9.90 Å². The van der Waals surface area contributed by atoms with E-state index in [1.165, 1.54) is 6.20 Å². The van der Waals surface area contributed by atoms with E-state index in [0.29, 0.717) is 24.3 Å². The summed E-state index contributed by atoms with van der Waals surface area (Å²) in [6.07, 6.45) is 1.05. The van der Waals surface area contributed by atoms with Crippen LogP contribution in [0.1, 0.15) is 17.4 Å². The number of rotatable bonds is 2. The number of para-hydroxylation sites is 2. The molecule has 0 aliphatic carbocycles. The number of morpholine rings is 1. The van der Waals surface area contributed by atoms with E-state index < -0.39 is 0 Å². The first-order valence-corrected chi connectivity index (χ1v) is 6.94. The number of fused-ring (bicyclic) bond motifs is 1. The molecular weight excluding hydrogens is 270 g/mol. The largest absolute Gasteiger partial charge is 0.394 e. The Bertz CT molecular complexity index is 661. The Balaban J connectivity index is 1.85. The van der Waals surface area contributed by atoms with Gasteiger partial charge < -0.3 is 14.7 Å². The zero-order valence-electron chi connectivity index (χ0n) is 11.8. The van der Waals surface area contributed by atoms with Crippen molar-refractivity contribution < 1.29 is 14.6 Å². The molecule has 1 aromatic heterocycles. The highest BCUT2D eigenvalue weighted by atomic mass is 16.5. The van der Waals surface area contributed by atoms with Crippen molar-refractivity contribution in [2.24, 2.45) is 0 Å². The van der Waals surface area contributed by atoms with Crippen LogP contribution < -0.4 is 0 Å². The van der Waals surface area contributed by atoms with Gasteiger partial charge in [-0.15, -0.1) is 0 Å². The lowest BCUT2D eigenvalue weighted by atomic mass is 10.2. The molecule has 1 amide bonds. The molecule has 0 saturated carbocycles. The Labute approximate surface area is 122 Å². The number of ether oxygens (including phenoxy) is 1. The third kappa shape index (κ3) is 2.86. The molecule has 2 unspecified atom stereocenters. The van der Waals surface area contributed by atoms with Gasteiger partial charge in [0.1, 0.15) is 5.69 Å². The molecule has 1 aromatic carbocycles. The van der Waals surface area contributed by atoms with Crippen LogP contribution in [0, 0.1) is 0 Å². The predicted octanol–water partition coefficient (Wildman–Crippen LogP) is 0.852. The van der Waals surface area contributed by atoms with Crippen molar-refractivity contribution >= 4 is 16.9 Å².